The van der Waals surface area contributed by atoms with E-state index in [2.05, 4.69) is 4.98 Å². The van der Waals surface area contributed by atoms with Gasteiger partial charge in [-0.3, -0.25) is 4.98 Å². The number of methoxy groups -OCH3 is 1. The summed E-state index contributed by atoms with van der Waals surface area (Å²) in [6, 6.07) is 9.22. The van der Waals surface area contributed by atoms with Gasteiger partial charge in [-0.05, 0) is 30.7 Å². The van der Waals surface area contributed by atoms with Gasteiger partial charge in [0.15, 0.2) is 11.5 Å². The molecule has 0 spiro atoms. The molecule has 18 heavy (non-hydrogen) atoms. The minimum atomic E-state index is 0.395. The molecule has 0 radical (unpaired) electrons. The zero-order chi connectivity index (χ0) is 13.0. The Hall–Kier alpha value is -2.23. The lowest BCUT2D eigenvalue weighted by atomic mass is 10.2. The van der Waals surface area contributed by atoms with E-state index in [9.17, 15) is 0 Å². The van der Waals surface area contributed by atoms with Crippen LogP contribution in [0.25, 0.3) is 0 Å². The van der Waals surface area contributed by atoms with Crippen LogP contribution < -0.4 is 15.2 Å². The zero-order valence-corrected chi connectivity index (χ0v) is 10.5. The molecule has 0 fully saturated rings. The standard InChI is InChI=1S/C14H16N2O2/c1-10-4-3-7-16-12(10)9-18-14-8-11(15)5-6-13(14)17-2/h3-8H,9,15H2,1-2H3. The Morgan fingerprint density at radius 3 is 2.78 bits per heavy atom. The van der Waals surface area contributed by atoms with Crippen molar-refractivity contribution in [1.82, 2.24) is 4.98 Å². The Morgan fingerprint density at radius 1 is 1.22 bits per heavy atom. The first-order valence-corrected chi connectivity index (χ1v) is 5.67. The van der Waals surface area contributed by atoms with Gasteiger partial charge in [0.1, 0.15) is 6.61 Å². The van der Waals surface area contributed by atoms with E-state index in [0.717, 1.165) is 11.3 Å². The number of rotatable bonds is 4. The molecule has 1 heterocycles. The first-order chi connectivity index (χ1) is 8.70. The van der Waals surface area contributed by atoms with Crippen LogP contribution in [0.2, 0.25) is 0 Å². The van der Waals surface area contributed by atoms with Crippen molar-refractivity contribution in [3.05, 3.63) is 47.8 Å². The van der Waals surface area contributed by atoms with Crippen LogP contribution in [-0.4, -0.2) is 12.1 Å². The molecule has 0 atom stereocenters. The van der Waals surface area contributed by atoms with Gasteiger partial charge in [0.2, 0.25) is 0 Å². The lowest BCUT2D eigenvalue weighted by Crippen LogP contribution is -2.02. The molecule has 2 N–H and O–H groups in total. The largest absolute Gasteiger partial charge is 0.493 e. The fraction of sp³-hybridized carbons (Fsp3) is 0.214. The number of nitrogens with zero attached hydrogens (tertiary/aromatic N) is 1. The maximum Gasteiger partial charge on any atom is 0.163 e. The molecule has 2 aromatic rings. The minimum absolute atomic E-state index is 0.395. The molecule has 0 bridgehead atoms. The van der Waals surface area contributed by atoms with Crippen molar-refractivity contribution >= 4 is 5.69 Å². The molecule has 1 aromatic heterocycles. The lowest BCUT2D eigenvalue weighted by Gasteiger charge is -2.11. The van der Waals surface area contributed by atoms with Crippen molar-refractivity contribution in [3.63, 3.8) is 0 Å². The normalized spacial score (nSPS) is 10.1. The Labute approximate surface area is 106 Å². The van der Waals surface area contributed by atoms with Gasteiger partial charge in [-0.15, -0.1) is 0 Å². The third-order valence-corrected chi connectivity index (χ3v) is 2.67. The molecule has 0 amide bonds. The zero-order valence-electron chi connectivity index (χ0n) is 10.5. The van der Waals surface area contributed by atoms with E-state index in [-0.39, 0.29) is 0 Å². The summed E-state index contributed by atoms with van der Waals surface area (Å²) in [6.07, 6.45) is 1.75. The fourth-order valence-electron chi connectivity index (χ4n) is 1.62. The Kier molecular flexibility index (Phi) is 3.67. The van der Waals surface area contributed by atoms with Crippen molar-refractivity contribution in [2.45, 2.75) is 13.5 Å². The predicted octanol–water partition coefficient (Wildman–Crippen LogP) is 2.56. The van der Waals surface area contributed by atoms with Crippen molar-refractivity contribution < 1.29 is 9.47 Å². The van der Waals surface area contributed by atoms with Gasteiger partial charge in [0, 0.05) is 18.0 Å². The Morgan fingerprint density at radius 2 is 2.06 bits per heavy atom. The predicted molar refractivity (Wildman–Crippen MR) is 70.7 cm³/mol. The van der Waals surface area contributed by atoms with Gasteiger partial charge >= 0.3 is 0 Å². The smallest absolute Gasteiger partial charge is 0.163 e. The highest BCUT2D eigenvalue weighted by atomic mass is 16.5. The maximum atomic E-state index is 5.73. The number of aryl methyl sites for hydroxylation is 1. The number of aromatic nitrogens is 1. The van der Waals surface area contributed by atoms with Crippen molar-refractivity contribution in [1.29, 1.82) is 0 Å². The van der Waals surface area contributed by atoms with Gasteiger partial charge in [0.25, 0.3) is 0 Å². The molecule has 0 aliphatic rings. The van der Waals surface area contributed by atoms with Crippen LogP contribution in [0.5, 0.6) is 11.5 Å². The highest BCUT2D eigenvalue weighted by molar-refractivity contribution is 5.51. The second-order valence-electron chi connectivity index (χ2n) is 3.97. The van der Waals surface area contributed by atoms with E-state index >= 15 is 0 Å². The summed E-state index contributed by atoms with van der Waals surface area (Å²) in [5.74, 6) is 1.29. The van der Waals surface area contributed by atoms with Crippen molar-refractivity contribution in [3.8, 4) is 11.5 Å². The fourth-order valence-corrected chi connectivity index (χ4v) is 1.62. The van der Waals surface area contributed by atoms with E-state index in [0.29, 0.717) is 23.8 Å². The number of ether oxygens (including phenoxy) is 2. The second kappa shape index (κ2) is 5.40. The van der Waals surface area contributed by atoms with E-state index in [1.54, 1.807) is 31.5 Å². The molecule has 0 aliphatic carbocycles. The van der Waals surface area contributed by atoms with Gasteiger partial charge in [-0.25, -0.2) is 0 Å². The summed E-state index contributed by atoms with van der Waals surface area (Å²) >= 11 is 0. The van der Waals surface area contributed by atoms with E-state index in [1.807, 2.05) is 19.1 Å². The second-order valence-corrected chi connectivity index (χ2v) is 3.97. The number of hydrogen-bond donors (Lipinski definition) is 1. The van der Waals surface area contributed by atoms with Crippen molar-refractivity contribution in [2.24, 2.45) is 0 Å². The molecule has 0 aliphatic heterocycles. The molecule has 0 saturated carbocycles. The van der Waals surface area contributed by atoms with Gasteiger partial charge in [-0.1, -0.05) is 6.07 Å². The molecular weight excluding hydrogens is 228 g/mol. The van der Waals surface area contributed by atoms with Gasteiger partial charge in [-0.2, -0.15) is 0 Å². The molecule has 4 heteroatoms. The molecule has 4 nitrogen and oxygen atoms in total. The third-order valence-electron chi connectivity index (χ3n) is 2.67. The molecule has 0 saturated heterocycles. The number of nitrogen functional groups attached to an aromatic ring is 1. The van der Waals surface area contributed by atoms with Crippen LogP contribution in [-0.2, 0) is 6.61 Å². The summed E-state index contributed by atoms with van der Waals surface area (Å²) in [6.45, 7) is 2.40. The van der Waals surface area contributed by atoms with Crippen LogP contribution >= 0.6 is 0 Å². The van der Waals surface area contributed by atoms with E-state index in [4.69, 9.17) is 15.2 Å². The number of benzene rings is 1. The Bertz CT molecular complexity index is 541. The summed E-state index contributed by atoms with van der Waals surface area (Å²) in [4.78, 5) is 4.27. The van der Waals surface area contributed by atoms with Crippen LogP contribution in [0, 0.1) is 6.92 Å². The monoisotopic (exact) mass is 244 g/mol. The highest BCUT2D eigenvalue weighted by Gasteiger charge is 2.06. The van der Waals surface area contributed by atoms with Gasteiger partial charge < -0.3 is 15.2 Å². The Balaban J connectivity index is 2.15. The molecule has 2 rings (SSSR count). The summed E-state index contributed by atoms with van der Waals surface area (Å²) in [5, 5.41) is 0. The number of anilines is 1. The highest BCUT2D eigenvalue weighted by Crippen LogP contribution is 2.29. The van der Waals surface area contributed by atoms with Crippen LogP contribution in [0.1, 0.15) is 11.3 Å². The maximum absolute atomic E-state index is 5.73. The quantitative estimate of drug-likeness (QED) is 0.840. The van der Waals surface area contributed by atoms with Gasteiger partial charge in [0.05, 0.1) is 12.8 Å². The number of pyridine rings is 1. The average Bonchev–Trinajstić information content (AvgIpc) is 2.38. The molecule has 1 aromatic carbocycles. The molecule has 94 valence electrons. The molecule has 0 unspecified atom stereocenters. The summed E-state index contributed by atoms with van der Waals surface area (Å²) in [5.41, 5.74) is 8.37. The average molecular weight is 244 g/mol. The number of hydrogen-bond acceptors (Lipinski definition) is 4. The van der Waals surface area contributed by atoms with Crippen LogP contribution in [0.4, 0.5) is 5.69 Å². The summed E-state index contributed by atoms with van der Waals surface area (Å²) < 4.78 is 10.9. The van der Waals surface area contributed by atoms with E-state index in [1.165, 1.54) is 0 Å². The van der Waals surface area contributed by atoms with Crippen molar-refractivity contribution in [2.75, 3.05) is 12.8 Å². The van der Waals surface area contributed by atoms with Crippen LogP contribution in [0.15, 0.2) is 36.5 Å². The number of nitrogens with two attached hydrogens (primary N) is 1. The summed E-state index contributed by atoms with van der Waals surface area (Å²) in [7, 11) is 1.60. The van der Waals surface area contributed by atoms with Crippen LogP contribution in [0.3, 0.4) is 0 Å². The SMILES string of the molecule is COc1ccc(N)cc1OCc1ncccc1C. The lowest BCUT2D eigenvalue weighted by molar-refractivity contribution is 0.280. The molecular formula is C14H16N2O2. The first-order valence-electron chi connectivity index (χ1n) is 5.67. The van der Waals surface area contributed by atoms with E-state index < -0.39 is 0 Å². The topological polar surface area (TPSA) is 57.4 Å². The minimum Gasteiger partial charge on any atom is -0.493 e. The third kappa shape index (κ3) is 2.71. The first kappa shape index (κ1) is 12.2.